The predicted octanol–water partition coefficient (Wildman–Crippen LogP) is -1.66. The van der Waals surface area contributed by atoms with Gasteiger partial charge in [-0.1, -0.05) is 34.1 Å². The zero-order valence-corrected chi connectivity index (χ0v) is 21.2. The molecule has 9 N–H and O–H groups in total. The van der Waals surface area contributed by atoms with Crippen molar-refractivity contribution in [2.24, 2.45) is 23.3 Å². The van der Waals surface area contributed by atoms with Gasteiger partial charge in [-0.25, -0.2) is 4.79 Å². The predicted molar refractivity (Wildman–Crippen MR) is 127 cm³/mol. The smallest absolute Gasteiger partial charge is 0.326 e. The third-order valence-electron chi connectivity index (χ3n) is 5.61. The lowest BCUT2D eigenvalue weighted by Crippen LogP contribution is -2.58. The lowest BCUT2D eigenvalue weighted by Gasteiger charge is -2.25. The van der Waals surface area contributed by atoms with Crippen LogP contribution in [-0.4, -0.2) is 70.8 Å². The molecule has 0 aromatic carbocycles. The Morgan fingerprint density at radius 3 is 1.69 bits per heavy atom. The highest BCUT2D eigenvalue weighted by Gasteiger charge is 2.30. The highest BCUT2D eigenvalue weighted by molar-refractivity contribution is 5.95. The Morgan fingerprint density at radius 1 is 0.771 bits per heavy atom. The van der Waals surface area contributed by atoms with E-state index < -0.39 is 65.7 Å². The zero-order valence-electron chi connectivity index (χ0n) is 21.2. The number of rotatable bonds is 15. The van der Waals surface area contributed by atoms with Gasteiger partial charge in [-0.05, 0) is 32.1 Å². The molecule has 0 aliphatic rings. The van der Waals surface area contributed by atoms with Gasteiger partial charge in [0.2, 0.25) is 29.5 Å². The van der Waals surface area contributed by atoms with Gasteiger partial charge >= 0.3 is 5.97 Å². The van der Waals surface area contributed by atoms with Gasteiger partial charge in [0.25, 0.3) is 0 Å². The average molecular weight is 501 g/mol. The first kappa shape index (κ1) is 31.8. The number of amides is 5. The Hall–Kier alpha value is -3.22. The molecule has 6 atom stereocenters. The van der Waals surface area contributed by atoms with Crippen LogP contribution in [0.5, 0.6) is 0 Å². The van der Waals surface area contributed by atoms with Gasteiger partial charge in [-0.2, -0.15) is 0 Å². The maximum atomic E-state index is 12.7. The van der Waals surface area contributed by atoms with Crippen molar-refractivity contribution >= 4 is 35.5 Å². The number of carbonyl (C=O) groups excluding carboxylic acids is 5. The van der Waals surface area contributed by atoms with Gasteiger partial charge in [-0.15, -0.1) is 0 Å². The first-order valence-electron chi connectivity index (χ1n) is 11.6. The molecule has 5 amide bonds. The quantitative estimate of drug-likeness (QED) is 0.137. The van der Waals surface area contributed by atoms with E-state index in [1.807, 2.05) is 0 Å². The maximum absolute atomic E-state index is 12.7. The first-order valence-corrected chi connectivity index (χ1v) is 11.6. The molecule has 0 saturated heterocycles. The molecule has 0 saturated carbocycles. The summed E-state index contributed by atoms with van der Waals surface area (Å²) >= 11 is 0. The van der Waals surface area contributed by atoms with Crippen LogP contribution in [0.1, 0.15) is 60.8 Å². The molecule has 13 nitrogen and oxygen atoms in total. The third kappa shape index (κ3) is 11.2. The largest absolute Gasteiger partial charge is 0.480 e. The Balaban J connectivity index is 5.15. The first-order chi connectivity index (χ1) is 16.1. The minimum absolute atomic E-state index is 0.100. The van der Waals surface area contributed by atoms with Crippen LogP contribution in [-0.2, 0) is 28.8 Å². The second kappa shape index (κ2) is 14.9. The van der Waals surface area contributed by atoms with Crippen molar-refractivity contribution in [3.8, 4) is 0 Å². The van der Waals surface area contributed by atoms with Crippen LogP contribution in [0.15, 0.2) is 0 Å². The summed E-state index contributed by atoms with van der Waals surface area (Å²) in [4.78, 5) is 72.5. The topological polar surface area (TPSA) is 223 Å². The number of carboxylic acid groups (broad SMARTS) is 1. The number of hydrogen-bond acceptors (Lipinski definition) is 7. The molecule has 0 heterocycles. The van der Waals surface area contributed by atoms with Crippen LogP contribution in [0.25, 0.3) is 0 Å². The van der Waals surface area contributed by atoms with E-state index in [4.69, 9.17) is 11.5 Å². The molecule has 0 bridgehead atoms. The van der Waals surface area contributed by atoms with E-state index in [2.05, 4.69) is 21.3 Å². The fourth-order valence-corrected chi connectivity index (χ4v) is 2.87. The molecule has 0 aromatic heterocycles. The van der Waals surface area contributed by atoms with Gasteiger partial charge in [0, 0.05) is 6.42 Å². The molecule has 0 spiro atoms. The Bertz CT molecular complexity index is 788. The SMILES string of the molecule is CC[C@H](C)[C@H](NC(=O)[C@H](C)NC(=O)[C@H](C)NC(=O)[C@H](CCC(N)=O)NC(=O)[C@@H](N)C(C)C)C(=O)O. The number of primary amides is 1. The number of nitrogens with two attached hydrogens (primary N) is 2. The number of hydrogen-bond donors (Lipinski definition) is 7. The molecule has 0 aliphatic heterocycles. The number of carboxylic acids is 1. The number of carbonyl (C=O) groups is 6. The Morgan fingerprint density at radius 2 is 1.26 bits per heavy atom. The molecule has 35 heavy (non-hydrogen) atoms. The van der Waals surface area contributed by atoms with E-state index in [0.29, 0.717) is 6.42 Å². The van der Waals surface area contributed by atoms with Gasteiger partial charge < -0.3 is 37.8 Å². The molecule has 0 aromatic rings. The van der Waals surface area contributed by atoms with Crippen LogP contribution in [0.2, 0.25) is 0 Å². The van der Waals surface area contributed by atoms with Crippen molar-refractivity contribution in [1.82, 2.24) is 21.3 Å². The van der Waals surface area contributed by atoms with E-state index in [9.17, 15) is 33.9 Å². The zero-order chi connectivity index (χ0) is 27.5. The minimum Gasteiger partial charge on any atom is -0.480 e. The second-order valence-electron chi connectivity index (χ2n) is 9.01. The van der Waals surface area contributed by atoms with Crippen LogP contribution in [0.4, 0.5) is 0 Å². The molecular formula is C22H40N6O7. The number of aliphatic carboxylic acids is 1. The van der Waals surface area contributed by atoms with E-state index in [1.165, 1.54) is 13.8 Å². The summed E-state index contributed by atoms with van der Waals surface area (Å²) in [6.07, 6.45) is 0.238. The standard InChI is InChI=1S/C22H40N6O7/c1-7-11(4)17(22(34)35)28-19(31)13(6)25-18(30)12(5)26-20(32)14(8-9-15(23)29)27-21(33)16(24)10(2)3/h10-14,16-17H,7-9,24H2,1-6H3,(H2,23,29)(H,25,30)(H,26,32)(H,27,33)(H,28,31)(H,34,35)/t11-,12-,13-,14-,16-,17-/m0/s1. The second-order valence-corrected chi connectivity index (χ2v) is 9.01. The van der Waals surface area contributed by atoms with Crippen LogP contribution in [0, 0.1) is 11.8 Å². The van der Waals surface area contributed by atoms with Crippen molar-refractivity contribution in [3.63, 3.8) is 0 Å². The number of nitrogens with one attached hydrogen (secondary N) is 4. The molecule has 200 valence electrons. The van der Waals surface area contributed by atoms with Crippen molar-refractivity contribution < 1.29 is 33.9 Å². The summed E-state index contributed by atoms with van der Waals surface area (Å²) in [5.74, 6) is -5.13. The summed E-state index contributed by atoms with van der Waals surface area (Å²) < 4.78 is 0. The van der Waals surface area contributed by atoms with E-state index in [-0.39, 0.29) is 24.7 Å². The highest BCUT2D eigenvalue weighted by atomic mass is 16.4. The van der Waals surface area contributed by atoms with Gasteiger partial charge in [0.15, 0.2) is 0 Å². The molecule has 0 fully saturated rings. The van der Waals surface area contributed by atoms with Crippen LogP contribution in [0.3, 0.4) is 0 Å². The van der Waals surface area contributed by atoms with Crippen molar-refractivity contribution in [1.29, 1.82) is 0 Å². The Labute approximate surface area is 205 Å². The van der Waals surface area contributed by atoms with Crippen molar-refractivity contribution in [2.75, 3.05) is 0 Å². The summed E-state index contributed by atoms with van der Waals surface area (Å²) in [5.41, 5.74) is 10.9. The van der Waals surface area contributed by atoms with Crippen LogP contribution < -0.4 is 32.7 Å². The molecular weight excluding hydrogens is 460 g/mol. The van der Waals surface area contributed by atoms with Crippen molar-refractivity contribution in [2.45, 2.75) is 91.0 Å². The fourth-order valence-electron chi connectivity index (χ4n) is 2.87. The highest BCUT2D eigenvalue weighted by Crippen LogP contribution is 2.08. The molecule has 13 heteroatoms. The van der Waals surface area contributed by atoms with E-state index in [0.717, 1.165) is 0 Å². The summed E-state index contributed by atoms with van der Waals surface area (Å²) in [6.45, 7) is 9.67. The molecule has 0 rings (SSSR count). The van der Waals surface area contributed by atoms with Gasteiger partial charge in [-0.3, -0.25) is 24.0 Å². The molecule has 0 aliphatic carbocycles. The molecule has 0 radical (unpaired) electrons. The Kier molecular flexibility index (Phi) is 13.5. The monoisotopic (exact) mass is 500 g/mol. The lowest BCUT2D eigenvalue weighted by molar-refractivity contribution is -0.143. The fraction of sp³-hybridized carbons (Fsp3) is 0.727. The summed E-state index contributed by atoms with van der Waals surface area (Å²) in [7, 11) is 0. The third-order valence-corrected chi connectivity index (χ3v) is 5.61. The normalized spacial score (nSPS) is 16.1. The average Bonchev–Trinajstić information content (AvgIpc) is 2.77. The maximum Gasteiger partial charge on any atom is 0.326 e. The molecule has 0 unspecified atom stereocenters. The summed E-state index contributed by atoms with van der Waals surface area (Å²) in [6, 6.07) is -5.36. The van der Waals surface area contributed by atoms with Gasteiger partial charge in [0.05, 0.1) is 6.04 Å². The van der Waals surface area contributed by atoms with Crippen molar-refractivity contribution in [3.05, 3.63) is 0 Å². The van der Waals surface area contributed by atoms with E-state index in [1.54, 1.807) is 27.7 Å². The minimum atomic E-state index is -1.19. The lowest BCUT2D eigenvalue weighted by atomic mass is 9.99. The van der Waals surface area contributed by atoms with E-state index >= 15 is 0 Å². The summed E-state index contributed by atoms with van der Waals surface area (Å²) in [5, 5.41) is 19.0. The van der Waals surface area contributed by atoms with Gasteiger partial charge in [0.1, 0.15) is 24.2 Å². The van der Waals surface area contributed by atoms with Crippen LogP contribution >= 0.6 is 0 Å².